The Morgan fingerprint density at radius 3 is 2.83 bits per heavy atom. The van der Waals surface area contributed by atoms with Crippen LogP contribution in [-0.2, 0) is 10.9 Å². The summed E-state index contributed by atoms with van der Waals surface area (Å²) < 4.78 is 43.4. The second-order valence-corrected chi connectivity index (χ2v) is 4.38. The molecule has 2 nitrogen and oxygen atoms in total. The lowest BCUT2D eigenvalue weighted by Gasteiger charge is -2.32. The van der Waals surface area contributed by atoms with E-state index in [1.165, 1.54) is 12.1 Å². The monoisotopic (exact) mass is 259 g/mol. The highest BCUT2D eigenvalue weighted by atomic mass is 19.4. The van der Waals surface area contributed by atoms with Crippen LogP contribution in [0.4, 0.5) is 13.2 Å². The molecule has 1 aliphatic rings. The van der Waals surface area contributed by atoms with Crippen molar-refractivity contribution in [2.75, 3.05) is 26.2 Å². The van der Waals surface area contributed by atoms with Gasteiger partial charge >= 0.3 is 6.18 Å². The van der Waals surface area contributed by atoms with Gasteiger partial charge in [-0.15, -0.1) is 0 Å². The van der Waals surface area contributed by atoms with Crippen LogP contribution >= 0.6 is 0 Å². The van der Waals surface area contributed by atoms with E-state index < -0.39 is 11.7 Å². The molecule has 1 aromatic rings. The maximum Gasteiger partial charge on any atom is 0.416 e. The Kier molecular flexibility index (Phi) is 3.92. The smallest absolute Gasteiger partial charge is 0.371 e. The molecule has 1 fully saturated rings. The maximum atomic E-state index is 12.6. The van der Waals surface area contributed by atoms with E-state index in [9.17, 15) is 13.2 Å². The number of likely N-dealkylation sites (N-methyl/N-ethyl adjacent to an activating group) is 1. The van der Waals surface area contributed by atoms with Crippen molar-refractivity contribution < 1.29 is 17.9 Å². The molecule has 1 saturated heterocycles. The van der Waals surface area contributed by atoms with E-state index in [0.717, 1.165) is 19.2 Å². The Labute approximate surface area is 104 Å². The minimum Gasteiger partial charge on any atom is -0.371 e. The number of hydrogen-bond donors (Lipinski definition) is 0. The normalized spacial score (nSPS) is 22.1. The van der Waals surface area contributed by atoms with Gasteiger partial charge in [0.2, 0.25) is 0 Å². The Morgan fingerprint density at radius 1 is 1.39 bits per heavy atom. The third-order valence-electron chi connectivity index (χ3n) is 3.18. The van der Waals surface area contributed by atoms with Crippen molar-refractivity contribution in [3.05, 3.63) is 35.4 Å². The largest absolute Gasteiger partial charge is 0.416 e. The van der Waals surface area contributed by atoms with Gasteiger partial charge in [0.1, 0.15) is 0 Å². The van der Waals surface area contributed by atoms with Crippen LogP contribution in [-0.4, -0.2) is 31.1 Å². The predicted octanol–water partition coefficient (Wildman–Crippen LogP) is 3.10. The zero-order chi connectivity index (χ0) is 13.2. The summed E-state index contributed by atoms with van der Waals surface area (Å²) in [4.78, 5) is 2.18. The van der Waals surface area contributed by atoms with Crippen molar-refractivity contribution in [3.63, 3.8) is 0 Å². The van der Waals surface area contributed by atoms with E-state index in [0.29, 0.717) is 18.7 Å². The highest BCUT2D eigenvalue weighted by molar-refractivity contribution is 5.27. The molecular formula is C13H16F3NO. The molecular weight excluding hydrogens is 243 g/mol. The fourth-order valence-electron chi connectivity index (χ4n) is 2.11. The number of benzene rings is 1. The first-order valence-electron chi connectivity index (χ1n) is 6.02. The van der Waals surface area contributed by atoms with Crippen LogP contribution in [0.15, 0.2) is 24.3 Å². The summed E-state index contributed by atoms with van der Waals surface area (Å²) in [7, 11) is 0. The van der Waals surface area contributed by atoms with Crippen molar-refractivity contribution in [2.45, 2.75) is 19.2 Å². The average Bonchev–Trinajstić information content (AvgIpc) is 2.38. The summed E-state index contributed by atoms with van der Waals surface area (Å²) in [5, 5.41) is 0. The van der Waals surface area contributed by atoms with Crippen molar-refractivity contribution in [2.24, 2.45) is 0 Å². The summed E-state index contributed by atoms with van der Waals surface area (Å²) >= 11 is 0. The van der Waals surface area contributed by atoms with Crippen molar-refractivity contribution in [1.82, 2.24) is 4.90 Å². The van der Waals surface area contributed by atoms with Gasteiger partial charge in [-0.25, -0.2) is 0 Å². The van der Waals surface area contributed by atoms with Crippen molar-refractivity contribution in [1.29, 1.82) is 0 Å². The molecule has 2 rings (SSSR count). The zero-order valence-corrected chi connectivity index (χ0v) is 10.2. The summed E-state index contributed by atoms with van der Waals surface area (Å²) in [6.07, 6.45) is -4.56. The van der Waals surface area contributed by atoms with Crippen LogP contribution in [0.2, 0.25) is 0 Å². The van der Waals surface area contributed by atoms with E-state index in [2.05, 4.69) is 4.90 Å². The second-order valence-electron chi connectivity index (χ2n) is 4.38. The first kappa shape index (κ1) is 13.4. The standard InChI is InChI=1S/C13H16F3NO/c1-2-17-6-7-18-12(9-17)10-4-3-5-11(8-10)13(14,15)16/h3-5,8,12H,2,6-7,9H2,1H3. The maximum absolute atomic E-state index is 12.6. The number of nitrogens with zero attached hydrogens (tertiary/aromatic N) is 1. The molecule has 0 spiro atoms. The van der Waals surface area contributed by atoms with Gasteiger partial charge in [0.05, 0.1) is 18.3 Å². The molecule has 0 amide bonds. The van der Waals surface area contributed by atoms with Crippen molar-refractivity contribution >= 4 is 0 Å². The zero-order valence-electron chi connectivity index (χ0n) is 10.2. The second kappa shape index (κ2) is 5.28. The van der Waals surface area contributed by atoms with E-state index in [4.69, 9.17) is 4.74 Å². The lowest BCUT2D eigenvalue weighted by molar-refractivity contribution is -0.137. The molecule has 0 saturated carbocycles. The number of ether oxygens (including phenoxy) is 1. The minimum atomic E-state index is -4.30. The molecule has 1 unspecified atom stereocenters. The summed E-state index contributed by atoms with van der Waals surface area (Å²) in [5.41, 5.74) is -0.0137. The molecule has 1 aliphatic heterocycles. The van der Waals surface area contributed by atoms with Gasteiger partial charge < -0.3 is 4.74 Å². The van der Waals surface area contributed by atoms with Gasteiger partial charge in [0, 0.05) is 13.1 Å². The molecule has 1 atom stereocenters. The molecule has 0 aromatic heterocycles. The van der Waals surface area contributed by atoms with Gasteiger partial charge in [-0.2, -0.15) is 13.2 Å². The minimum absolute atomic E-state index is 0.263. The lowest BCUT2D eigenvalue weighted by atomic mass is 10.0. The number of hydrogen-bond acceptors (Lipinski definition) is 2. The molecule has 0 bridgehead atoms. The number of morpholine rings is 1. The number of halogens is 3. The summed E-state index contributed by atoms with van der Waals surface area (Å²) in [6, 6.07) is 5.40. The molecule has 0 N–H and O–H groups in total. The van der Waals surface area contributed by atoms with Crippen LogP contribution in [0.5, 0.6) is 0 Å². The van der Waals surface area contributed by atoms with Gasteiger partial charge in [0.25, 0.3) is 0 Å². The summed E-state index contributed by atoms with van der Waals surface area (Å²) in [5.74, 6) is 0. The third kappa shape index (κ3) is 3.03. The molecule has 18 heavy (non-hydrogen) atoms. The molecule has 0 aliphatic carbocycles. The van der Waals surface area contributed by atoms with E-state index in [-0.39, 0.29) is 6.10 Å². The van der Waals surface area contributed by atoms with Crippen LogP contribution in [0.1, 0.15) is 24.2 Å². The first-order valence-corrected chi connectivity index (χ1v) is 6.02. The first-order chi connectivity index (χ1) is 8.50. The SMILES string of the molecule is CCN1CCOC(c2cccc(C(F)(F)F)c2)C1. The Hall–Kier alpha value is -1.07. The van der Waals surface area contributed by atoms with Gasteiger partial charge in [-0.3, -0.25) is 4.90 Å². The van der Waals surface area contributed by atoms with Gasteiger partial charge in [-0.05, 0) is 24.2 Å². The summed E-state index contributed by atoms with van der Waals surface area (Å²) in [6.45, 7) is 4.98. The Bertz CT molecular complexity index is 405. The quantitative estimate of drug-likeness (QED) is 0.809. The molecule has 5 heteroatoms. The van der Waals surface area contributed by atoms with Gasteiger partial charge in [0.15, 0.2) is 0 Å². The van der Waals surface area contributed by atoms with Gasteiger partial charge in [-0.1, -0.05) is 19.1 Å². The van der Waals surface area contributed by atoms with Crippen LogP contribution in [0.25, 0.3) is 0 Å². The van der Waals surface area contributed by atoms with Crippen molar-refractivity contribution in [3.8, 4) is 0 Å². The van der Waals surface area contributed by atoms with Crippen LogP contribution in [0.3, 0.4) is 0 Å². The molecule has 100 valence electrons. The van der Waals surface area contributed by atoms with E-state index in [1.54, 1.807) is 6.07 Å². The topological polar surface area (TPSA) is 12.5 Å². The fourth-order valence-corrected chi connectivity index (χ4v) is 2.11. The van der Waals surface area contributed by atoms with Crippen LogP contribution in [0, 0.1) is 0 Å². The number of alkyl halides is 3. The Morgan fingerprint density at radius 2 is 2.17 bits per heavy atom. The third-order valence-corrected chi connectivity index (χ3v) is 3.18. The van der Waals surface area contributed by atoms with E-state index >= 15 is 0 Å². The highest BCUT2D eigenvalue weighted by Gasteiger charge is 2.31. The highest BCUT2D eigenvalue weighted by Crippen LogP contribution is 2.32. The average molecular weight is 259 g/mol. The van der Waals surface area contributed by atoms with E-state index in [1.807, 2.05) is 6.92 Å². The molecule has 0 radical (unpaired) electrons. The molecule has 1 heterocycles. The lowest BCUT2D eigenvalue weighted by Crippen LogP contribution is -2.38. The number of rotatable bonds is 2. The molecule has 1 aromatic carbocycles. The predicted molar refractivity (Wildman–Crippen MR) is 62.3 cm³/mol. The Balaban J connectivity index is 2.18. The fraction of sp³-hybridized carbons (Fsp3) is 0.538. The van der Waals surface area contributed by atoms with Crippen LogP contribution < -0.4 is 0 Å².